The number of carboxylic acids is 2. The lowest BCUT2D eigenvalue weighted by molar-refractivity contribution is -0.367. The van der Waals surface area contributed by atoms with Crippen LogP contribution in [0.1, 0.15) is 12.8 Å². The van der Waals surface area contributed by atoms with Gasteiger partial charge >= 0.3 is 0 Å². The Morgan fingerprint density at radius 2 is 1.94 bits per heavy atom. The molecule has 4 N–H and O–H groups in total. The van der Waals surface area contributed by atoms with Crippen molar-refractivity contribution in [2.24, 2.45) is 5.92 Å². The summed E-state index contributed by atoms with van der Waals surface area (Å²) in [5.41, 5.74) is 3.49. The average Bonchev–Trinajstić information content (AvgIpc) is 2.12. The molecule has 1 unspecified atom stereocenters. The van der Waals surface area contributed by atoms with Gasteiger partial charge in [-0.05, 0) is 6.42 Å². The van der Waals surface area contributed by atoms with E-state index in [0.29, 0.717) is 13.0 Å². The van der Waals surface area contributed by atoms with E-state index < -0.39 is 37.8 Å². The van der Waals surface area contributed by atoms with Gasteiger partial charge < -0.3 is 30.4 Å². The Kier molecular flexibility index (Phi) is 6.25. The van der Waals surface area contributed by atoms with Crippen LogP contribution in [-0.2, 0) is 14.2 Å². The quantitative estimate of drug-likeness (QED) is 0.427. The van der Waals surface area contributed by atoms with Gasteiger partial charge in [-0.1, -0.05) is 0 Å². The third-order valence-corrected chi connectivity index (χ3v) is 4.04. The second kappa shape index (κ2) is 6.62. The van der Waals surface area contributed by atoms with Crippen molar-refractivity contribution in [1.82, 2.24) is 0 Å². The van der Waals surface area contributed by atoms with E-state index in [-0.39, 0.29) is 6.16 Å². The van der Waals surface area contributed by atoms with Gasteiger partial charge in [-0.3, -0.25) is 4.57 Å². The summed E-state index contributed by atoms with van der Waals surface area (Å²) in [7, 11) is -3.63. The van der Waals surface area contributed by atoms with Crippen molar-refractivity contribution >= 4 is 19.3 Å². The molecule has 0 rings (SSSR count). The molecule has 0 aliphatic rings. The maximum absolute atomic E-state index is 11.5. The Hall–Kier alpha value is -0.910. The third-order valence-electron chi connectivity index (χ3n) is 2.01. The monoisotopic (exact) mass is 252 g/mol. The summed E-state index contributed by atoms with van der Waals surface area (Å²) in [5, 5.41) is 20.8. The van der Waals surface area contributed by atoms with Crippen molar-refractivity contribution in [1.29, 1.82) is 0 Å². The van der Waals surface area contributed by atoms with Gasteiger partial charge in [0, 0.05) is 36.6 Å². The summed E-state index contributed by atoms with van der Waals surface area (Å²) in [6, 6.07) is 0. The SMILES string of the molecule is [NH3+]CCCP(=O)(O)C[C@H](CC(=O)[O-])C(=O)[O-]. The Bertz CT molecular complexity index is 305. The summed E-state index contributed by atoms with van der Waals surface area (Å²) in [4.78, 5) is 30.2. The number of rotatable bonds is 8. The second-order valence-electron chi connectivity index (χ2n) is 3.55. The van der Waals surface area contributed by atoms with Crippen molar-refractivity contribution in [3.05, 3.63) is 0 Å². The molecule has 94 valence electrons. The maximum Gasteiger partial charge on any atom is 0.201 e. The van der Waals surface area contributed by atoms with Gasteiger partial charge in [-0.15, -0.1) is 0 Å². The van der Waals surface area contributed by atoms with Crippen LogP contribution < -0.4 is 15.9 Å². The van der Waals surface area contributed by atoms with Gasteiger partial charge in [0.05, 0.1) is 6.54 Å². The highest BCUT2D eigenvalue weighted by Crippen LogP contribution is 2.43. The van der Waals surface area contributed by atoms with Gasteiger partial charge in [0.1, 0.15) is 0 Å². The second-order valence-corrected chi connectivity index (χ2v) is 6.06. The number of quaternary nitrogens is 1. The minimum atomic E-state index is -3.63. The van der Waals surface area contributed by atoms with Crippen molar-refractivity contribution in [3.8, 4) is 0 Å². The minimum Gasteiger partial charge on any atom is -0.550 e. The first-order valence-electron chi connectivity index (χ1n) is 4.79. The van der Waals surface area contributed by atoms with Gasteiger partial charge in [0.2, 0.25) is 7.37 Å². The fourth-order valence-corrected chi connectivity index (χ4v) is 3.09. The molecule has 0 aliphatic heterocycles. The van der Waals surface area contributed by atoms with Crippen LogP contribution in [-0.4, -0.2) is 35.7 Å². The summed E-state index contributed by atoms with van der Waals surface area (Å²) in [6.45, 7) is 0.459. The Morgan fingerprint density at radius 1 is 1.38 bits per heavy atom. The van der Waals surface area contributed by atoms with Crippen molar-refractivity contribution in [2.45, 2.75) is 12.8 Å². The number of hydrogen-bond donors (Lipinski definition) is 2. The van der Waals surface area contributed by atoms with E-state index in [0.717, 1.165) is 0 Å². The lowest BCUT2D eigenvalue weighted by Crippen LogP contribution is -2.50. The number of carbonyl (C=O) groups excluding carboxylic acids is 2. The van der Waals surface area contributed by atoms with Crippen molar-refractivity contribution < 1.29 is 35.0 Å². The molecule has 0 aromatic heterocycles. The standard InChI is InChI=1S/C8H16NO6P/c9-2-1-3-16(14,15)5-6(8(12)13)4-7(10)11/h6H,1-5,9H2,(H,10,11)(H,12,13)(H,14,15)/p-1/t6-/m0/s1. The largest absolute Gasteiger partial charge is 0.550 e. The first-order valence-corrected chi connectivity index (χ1v) is 6.82. The van der Waals surface area contributed by atoms with E-state index in [1.165, 1.54) is 0 Å². The Labute approximate surface area is 92.7 Å². The van der Waals surface area contributed by atoms with Crippen LogP contribution in [0.3, 0.4) is 0 Å². The first-order chi connectivity index (χ1) is 7.28. The molecule has 0 heterocycles. The Balaban J connectivity index is 4.43. The lowest BCUT2D eigenvalue weighted by Gasteiger charge is -2.21. The summed E-state index contributed by atoms with van der Waals surface area (Å²) in [5.74, 6) is -4.70. The molecular formula is C8H15NO6P-. The van der Waals surface area contributed by atoms with Crippen LogP contribution in [0.25, 0.3) is 0 Å². The maximum atomic E-state index is 11.5. The number of carbonyl (C=O) groups is 2. The van der Waals surface area contributed by atoms with Crippen LogP contribution in [0.15, 0.2) is 0 Å². The van der Waals surface area contributed by atoms with E-state index in [2.05, 4.69) is 5.73 Å². The van der Waals surface area contributed by atoms with Crippen molar-refractivity contribution in [3.63, 3.8) is 0 Å². The molecule has 16 heavy (non-hydrogen) atoms. The van der Waals surface area contributed by atoms with Gasteiger partial charge in [-0.2, -0.15) is 0 Å². The molecule has 0 saturated heterocycles. The van der Waals surface area contributed by atoms with Crippen LogP contribution >= 0.6 is 7.37 Å². The molecule has 0 amide bonds. The molecule has 0 bridgehead atoms. The molecule has 0 radical (unpaired) electrons. The van der Waals surface area contributed by atoms with E-state index in [1.54, 1.807) is 0 Å². The number of hydrogen-bond acceptors (Lipinski definition) is 5. The van der Waals surface area contributed by atoms with Crippen LogP contribution in [0, 0.1) is 5.92 Å². The van der Waals surface area contributed by atoms with Crippen LogP contribution in [0.4, 0.5) is 0 Å². The summed E-state index contributed by atoms with van der Waals surface area (Å²) >= 11 is 0. The van der Waals surface area contributed by atoms with E-state index in [4.69, 9.17) is 0 Å². The summed E-state index contributed by atoms with van der Waals surface area (Å²) in [6.07, 6.45) is -1.08. The molecule has 0 aliphatic carbocycles. The molecule has 7 nitrogen and oxygen atoms in total. The van der Waals surface area contributed by atoms with Crippen LogP contribution in [0.2, 0.25) is 0 Å². The van der Waals surface area contributed by atoms with Gasteiger partial charge in [0.25, 0.3) is 0 Å². The van der Waals surface area contributed by atoms with Gasteiger partial charge in [0.15, 0.2) is 0 Å². The molecular weight excluding hydrogens is 237 g/mol. The molecule has 0 aromatic carbocycles. The highest BCUT2D eigenvalue weighted by Gasteiger charge is 2.24. The minimum absolute atomic E-state index is 0.0622. The highest BCUT2D eigenvalue weighted by molar-refractivity contribution is 7.58. The van der Waals surface area contributed by atoms with E-state index >= 15 is 0 Å². The topological polar surface area (TPSA) is 145 Å². The average molecular weight is 252 g/mol. The third kappa shape index (κ3) is 6.55. The normalized spacial score (nSPS) is 16.4. The molecule has 0 saturated carbocycles. The molecule has 0 aromatic rings. The van der Waals surface area contributed by atoms with Gasteiger partial charge in [-0.25, -0.2) is 0 Å². The smallest absolute Gasteiger partial charge is 0.201 e. The number of carboxylic acid groups (broad SMARTS) is 2. The Morgan fingerprint density at radius 3 is 2.31 bits per heavy atom. The summed E-state index contributed by atoms with van der Waals surface area (Å²) < 4.78 is 11.5. The highest BCUT2D eigenvalue weighted by atomic mass is 31.2. The zero-order valence-electron chi connectivity index (χ0n) is 8.76. The predicted molar refractivity (Wildman–Crippen MR) is 50.1 cm³/mol. The molecule has 0 fully saturated rings. The van der Waals surface area contributed by atoms with E-state index in [1.807, 2.05) is 0 Å². The fourth-order valence-electron chi connectivity index (χ4n) is 1.22. The molecule has 8 heteroatoms. The van der Waals surface area contributed by atoms with E-state index in [9.17, 15) is 29.3 Å². The van der Waals surface area contributed by atoms with Crippen LogP contribution in [0.5, 0.6) is 0 Å². The van der Waals surface area contributed by atoms with Crippen molar-refractivity contribution in [2.75, 3.05) is 18.9 Å². The zero-order chi connectivity index (χ0) is 12.8. The molecule has 2 atom stereocenters. The molecule has 0 spiro atoms. The fraction of sp³-hybridized carbons (Fsp3) is 0.750. The first kappa shape index (κ1) is 15.1. The predicted octanol–water partition coefficient (Wildman–Crippen LogP) is -3.61. The lowest BCUT2D eigenvalue weighted by atomic mass is 10.1. The number of aliphatic carboxylic acids is 2. The zero-order valence-corrected chi connectivity index (χ0v) is 9.65.